The number of aryl methyl sites for hydroxylation is 2. The highest BCUT2D eigenvalue weighted by Gasteiger charge is 2.25. The number of aromatic nitrogens is 4. The van der Waals surface area contributed by atoms with Crippen molar-refractivity contribution in [1.82, 2.24) is 24.6 Å². The lowest BCUT2D eigenvalue weighted by molar-refractivity contribution is 0.0751. The second kappa shape index (κ2) is 5.86. The molecule has 4 rings (SSSR count). The van der Waals surface area contributed by atoms with Gasteiger partial charge in [0.2, 0.25) is 0 Å². The maximum Gasteiger partial charge on any atom is 0.264 e. The summed E-state index contributed by atoms with van der Waals surface area (Å²) in [6, 6.07) is 3.79. The van der Waals surface area contributed by atoms with E-state index in [4.69, 9.17) is 0 Å². The molecular weight excluding hydrogens is 324 g/mol. The summed E-state index contributed by atoms with van der Waals surface area (Å²) in [6.07, 6.45) is 1.59. The van der Waals surface area contributed by atoms with Crippen LogP contribution in [-0.2, 0) is 7.05 Å². The first-order valence-corrected chi connectivity index (χ1v) is 8.75. The second-order valence-corrected chi connectivity index (χ2v) is 6.81. The Morgan fingerprint density at radius 2 is 2.00 bits per heavy atom. The van der Waals surface area contributed by atoms with Gasteiger partial charge in [-0.15, -0.1) is 11.3 Å². The number of anilines is 1. The van der Waals surface area contributed by atoms with E-state index in [1.165, 1.54) is 11.3 Å². The first-order chi connectivity index (χ1) is 11.6. The van der Waals surface area contributed by atoms with Crippen molar-refractivity contribution in [2.24, 2.45) is 7.05 Å². The highest BCUT2D eigenvalue weighted by molar-refractivity contribution is 7.12. The molecule has 0 saturated carbocycles. The summed E-state index contributed by atoms with van der Waals surface area (Å²) in [5.74, 6) is 1.01. The molecule has 3 aromatic heterocycles. The summed E-state index contributed by atoms with van der Waals surface area (Å²) in [6.45, 7) is 4.86. The lowest BCUT2D eigenvalue weighted by Gasteiger charge is -2.35. The average Bonchev–Trinajstić information content (AvgIpc) is 3.23. The largest absolute Gasteiger partial charge is 0.351 e. The molecule has 0 radical (unpaired) electrons. The van der Waals surface area contributed by atoms with Crippen molar-refractivity contribution in [2.45, 2.75) is 6.92 Å². The highest BCUT2D eigenvalue weighted by atomic mass is 32.1. The zero-order valence-electron chi connectivity index (χ0n) is 13.6. The fraction of sp³-hybridized carbons (Fsp3) is 0.375. The van der Waals surface area contributed by atoms with Crippen LogP contribution in [0.5, 0.6) is 0 Å². The fourth-order valence-electron chi connectivity index (χ4n) is 3.16. The molecule has 4 heterocycles. The minimum atomic E-state index is 0.119. The van der Waals surface area contributed by atoms with Crippen LogP contribution >= 0.6 is 11.3 Å². The lowest BCUT2D eigenvalue weighted by Crippen LogP contribution is -2.49. The Bertz CT molecular complexity index is 879. The number of hydrogen-bond acceptors (Lipinski definition) is 6. The number of carbonyl (C=O) groups is 1. The summed E-state index contributed by atoms with van der Waals surface area (Å²) >= 11 is 1.49. The molecule has 1 aliphatic rings. The topological polar surface area (TPSA) is 67.2 Å². The second-order valence-electron chi connectivity index (χ2n) is 5.86. The Labute approximate surface area is 143 Å². The maximum atomic E-state index is 12.5. The third-order valence-electron chi connectivity index (χ3n) is 4.37. The number of thiophene rings is 1. The summed E-state index contributed by atoms with van der Waals surface area (Å²) in [7, 11) is 1.92. The van der Waals surface area contributed by atoms with Gasteiger partial charge >= 0.3 is 0 Å². The summed E-state index contributed by atoms with van der Waals surface area (Å²) < 4.78 is 1.84. The smallest absolute Gasteiger partial charge is 0.264 e. The molecule has 1 amide bonds. The van der Waals surface area contributed by atoms with Gasteiger partial charge in [0.1, 0.15) is 17.4 Å². The molecule has 1 fully saturated rings. The van der Waals surface area contributed by atoms with E-state index in [-0.39, 0.29) is 5.91 Å². The normalized spacial score (nSPS) is 15.2. The summed E-state index contributed by atoms with van der Waals surface area (Å²) in [5, 5.41) is 6.38. The van der Waals surface area contributed by atoms with Crippen LogP contribution in [0.2, 0.25) is 0 Å². The van der Waals surface area contributed by atoms with Crippen LogP contribution in [0.25, 0.3) is 11.0 Å². The summed E-state index contributed by atoms with van der Waals surface area (Å²) in [5.41, 5.74) is 2.75. The predicted molar refractivity (Wildman–Crippen MR) is 93.5 cm³/mol. The standard InChI is InChI=1S/C16H18N6OS/c1-11-13-14(20(2)19-11)15(18-10-17-13)21-5-7-22(8-6-21)16(23)12-4-3-9-24-12/h3-4,9-10H,5-8H2,1-2H3. The van der Waals surface area contributed by atoms with Crippen LogP contribution < -0.4 is 4.90 Å². The van der Waals surface area contributed by atoms with E-state index in [1.54, 1.807) is 6.33 Å². The molecule has 24 heavy (non-hydrogen) atoms. The number of rotatable bonds is 2. The molecule has 0 unspecified atom stereocenters. The number of hydrogen-bond donors (Lipinski definition) is 0. The molecule has 0 bridgehead atoms. The number of fused-ring (bicyclic) bond motifs is 1. The molecule has 1 saturated heterocycles. The number of piperazine rings is 1. The predicted octanol–water partition coefficient (Wildman–Crippen LogP) is 1.70. The van der Waals surface area contributed by atoms with E-state index in [1.807, 2.05) is 41.1 Å². The van der Waals surface area contributed by atoms with Crippen LogP contribution in [0.15, 0.2) is 23.8 Å². The molecule has 0 aliphatic carbocycles. The van der Waals surface area contributed by atoms with Gasteiger partial charge < -0.3 is 9.80 Å². The van der Waals surface area contributed by atoms with Gasteiger partial charge in [-0.2, -0.15) is 5.10 Å². The van der Waals surface area contributed by atoms with Gasteiger partial charge in [0.05, 0.1) is 10.6 Å². The number of amides is 1. The van der Waals surface area contributed by atoms with Gasteiger partial charge in [0.25, 0.3) is 5.91 Å². The van der Waals surface area contributed by atoms with Crippen molar-refractivity contribution >= 4 is 34.1 Å². The van der Waals surface area contributed by atoms with Crippen molar-refractivity contribution in [3.63, 3.8) is 0 Å². The molecule has 7 nitrogen and oxygen atoms in total. The third-order valence-corrected chi connectivity index (χ3v) is 5.23. The minimum absolute atomic E-state index is 0.119. The number of carbonyl (C=O) groups excluding carboxylic acids is 1. The van der Waals surface area contributed by atoms with Crippen molar-refractivity contribution in [1.29, 1.82) is 0 Å². The first kappa shape index (κ1) is 15.1. The number of nitrogens with zero attached hydrogens (tertiary/aromatic N) is 6. The molecule has 0 atom stereocenters. The van der Waals surface area contributed by atoms with Crippen LogP contribution in [0, 0.1) is 6.92 Å². The van der Waals surface area contributed by atoms with E-state index < -0.39 is 0 Å². The Morgan fingerprint density at radius 3 is 2.71 bits per heavy atom. The quantitative estimate of drug-likeness (QED) is 0.709. The first-order valence-electron chi connectivity index (χ1n) is 7.87. The molecule has 124 valence electrons. The molecule has 1 aliphatic heterocycles. The molecular formula is C16H18N6OS. The zero-order chi connectivity index (χ0) is 16.7. The minimum Gasteiger partial charge on any atom is -0.351 e. The Hall–Kier alpha value is -2.48. The molecule has 0 N–H and O–H groups in total. The maximum absolute atomic E-state index is 12.5. The van der Waals surface area contributed by atoms with Crippen molar-refractivity contribution in [2.75, 3.05) is 31.1 Å². The van der Waals surface area contributed by atoms with E-state index in [0.29, 0.717) is 13.1 Å². The fourth-order valence-corrected chi connectivity index (χ4v) is 3.85. The lowest BCUT2D eigenvalue weighted by atomic mass is 10.2. The van der Waals surface area contributed by atoms with E-state index >= 15 is 0 Å². The van der Waals surface area contributed by atoms with Gasteiger partial charge in [0.15, 0.2) is 5.82 Å². The SMILES string of the molecule is Cc1nn(C)c2c(N3CCN(C(=O)c4cccs4)CC3)ncnc12. The van der Waals surface area contributed by atoms with E-state index in [2.05, 4.69) is 20.0 Å². The Kier molecular flexibility index (Phi) is 3.68. The van der Waals surface area contributed by atoms with Crippen LogP contribution in [0.3, 0.4) is 0 Å². The Morgan fingerprint density at radius 1 is 1.21 bits per heavy atom. The monoisotopic (exact) mass is 342 g/mol. The molecule has 0 spiro atoms. The molecule has 3 aromatic rings. The average molecular weight is 342 g/mol. The molecule has 0 aromatic carbocycles. The van der Waals surface area contributed by atoms with Crippen molar-refractivity contribution < 1.29 is 4.79 Å². The zero-order valence-corrected chi connectivity index (χ0v) is 14.5. The van der Waals surface area contributed by atoms with E-state index in [9.17, 15) is 4.79 Å². The third kappa shape index (κ3) is 2.43. The van der Waals surface area contributed by atoms with Crippen molar-refractivity contribution in [3.05, 3.63) is 34.4 Å². The van der Waals surface area contributed by atoms with Crippen LogP contribution in [-0.4, -0.2) is 56.7 Å². The van der Waals surface area contributed by atoms with E-state index in [0.717, 1.165) is 40.5 Å². The van der Waals surface area contributed by atoms with Crippen LogP contribution in [0.1, 0.15) is 15.4 Å². The van der Waals surface area contributed by atoms with Crippen LogP contribution in [0.4, 0.5) is 5.82 Å². The van der Waals surface area contributed by atoms with Gasteiger partial charge in [-0.1, -0.05) is 6.07 Å². The van der Waals surface area contributed by atoms with Gasteiger partial charge in [-0.25, -0.2) is 9.97 Å². The molecule has 8 heteroatoms. The Balaban J connectivity index is 1.55. The highest BCUT2D eigenvalue weighted by Crippen LogP contribution is 2.25. The summed E-state index contributed by atoms with van der Waals surface area (Å²) in [4.78, 5) is 26.2. The van der Waals surface area contributed by atoms with Gasteiger partial charge in [-0.05, 0) is 18.4 Å². The van der Waals surface area contributed by atoms with Crippen molar-refractivity contribution in [3.8, 4) is 0 Å². The van der Waals surface area contributed by atoms with Gasteiger partial charge in [-0.3, -0.25) is 9.48 Å². The van der Waals surface area contributed by atoms with Gasteiger partial charge in [0, 0.05) is 33.2 Å².